The summed E-state index contributed by atoms with van der Waals surface area (Å²) < 4.78 is 5.79. The molecule has 0 aromatic rings. The first kappa shape index (κ1) is 14.2. The van der Waals surface area contributed by atoms with Crippen molar-refractivity contribution in [3.05, 3.63) is 0 Å². The van der Waals surface area contributed by atoms with E-state index in [1.165, 1.54) is 0 Å². The van der Waals surface area contributed by atoms with E-state index >= 15 is 0 Å². The zero-order valence-corrected chi connectivity index (χ0v) is 11.2. The largest absolute Gasteiger partial charge is 0.537 e. The van der Waals surface area contributed by atoms with E-state index in [4.69, 9.17) is 4.43 Å². The zero-order valence-electron chi connectivity index (χ0n) is 10.2. The standard InChI is InChI=1S/C11H19O3Si/c1-10(2,3)11(4,14-15(5)6)8-7-9(12)13/h1-6H3,(H,12,13)/p-1. The number of carboxylic acids is 1. The van der Waals surface area contributed by atoms with Gasteiger partial charge in [0.05, 0.1) is 0 Å². The van der Waals surface area contributed by atoms with Crippen molar-refractivity contribution in [2.75, 3.05) is 0 Å². The van der Waals surface area contributed by atoms with E-state index in [9.17, 15) is 9.90 Å². The van der Waals surface area contributed by atoms with Crippen LogP contribution in [-0.2, 0) is 9.22 Å². The molecule has 0 aliphatic heterocycles. The molecule has 3 nitrogen and oxygen atoms in total. The van der Waals surface area contributed by atoms with Crippen molar-refractivity contribution < 1.29 is 14.3 Å². The second-order valence-electron chi connectivity index (χ2n) is 4.83. The number of carboxylic acid groups (broad SMARTS) is 1. The number of carbonyl (C=O) groups is 1. The van der Waals surface area contributed by atoms with Gasteiger partial charge < -0.3 is 14.3 Å². The average molecular weight is 226 g/mol. The molecule has 0 spiro atoms. The van der Waals surface area contributed by atoms with Gasteiger partial charge in [0, 0.05) is 5.41 Å². The summed E-state index contributed by atoms with van der Waals surface area (Å²) in [5.41, 5.74) is -0.984. The van der Waals surface area contributed by atoms with Crippen molar-refractivity contribution >= 4 is 15.0 Å². The Morgan fingerprint density at radius 1 is 1.27 bits per heavy atom. The predicted octanol–water partition coefficient (Wildman–Crippen LogP) is 0.812. The van der Waals surface area contributed by atoms with E-state index in [1.54, 1.807) is 0 Å². The van der Waals surface area contributed by atoms with E-state index in [0.29, 0.717) is 0 Å². The summed E-state index contributed by atoms with van der Waals surface area (Å²) in [6.45, 7) is 11.7. The quantitative estimate of drug-likeness (QED) is 0.517. The fraction of sp³-hybridized carbons (Fsp3) is 0.727. The molecule has 85 valence electrons. The van der Waals surface area contributed by atoms with Crippen LogP contribution in [0.1, 0.15) is 27.7 Å². The highest BCUT2D eigenvalue weighted by Crippen LogP contribution is 2.33. The Morgan fingerprint density at radius 3 is 2.00 bits per heavy atom. The van der Waals surface area contributed by atoms with E-state index in [1.807, 2.05) is 46.7 Å². The van der Waals surface area contributed by atoms with Gasteiger partial charge in [-0.1, -0.05) is 26.7 Å². The maximum absolute atomic E-state index is 10.3. The first-order valence-corrected chi connectivity index (χ1v) is 7.22. The molecule has 0 fully saturated rings. The highest BCUT2D eigenvalue weighted by Gasteiger charge is 2.37. The molecule has 0 amide bonds. The maximum Gasteiger partial charge on any atom is 0.207 e. The summed E-state index contributed by atoms with van der Waals surface area (Å²) in [7, 11) is -0.937. The Labute approximate surface area is 93.6 Å². The average Bonchev–Trinajstić information content (AvgIpc) is 1.97. The topological polar surface area (TPSA) is 49.4 Å². The normalized spacial score (nSPS) is 15.4. The Bertz CT molecular complexity index is 293. The van der Waals surface area contributed by atoms with Crippen LogP contribution < -0.4 is 5.11 Å². The van der Waals surface area contributed by atoms with Crippen LogP contribution in [0.2, 0.25) is 13.1 Å². The van der Waals surface area contributed by atoms with E-state index < -0.39 is 20.6 Å². The molecule has 0 bridgehead atoms. The van der Waals surface area contributed by atoms with Crippen LogP contribution in [-0.4, -0.2) is 20.6 Å². The van der Waals surface area contributed by atoms with E-state index in [0.717, 1.165) is 0 Å². The maximum atomic E-state index is 10.3. The number of carbonyl (C=O) groups excluding carboxylic acids is 1. The molecular formula is C11H18O3Si-. The van der Waals surface area contributed by atoms with Crippen LogP contribution in [0.3, 0.4) is 0 Å². The van der Waals surface area contributed by atoms with Crippen molar-refractivity contribution in [3.8, 4) is 11.8 Å². The van der Waals surface area contributed by atoms with Gasteiger partial charge in [-0.25, -0.2) is 0 Å². The predicted molar refractivity (Wildman–Crippen MR) is 59.2 cm³/mol. The lowest BCUT2D eigenvalue weighted by Gasteiger charge is -2.39. The first-order chi connectivity index (χ1) is 6.58. The van der Waals surface area contributed by atoms with Crippen molar-refractivity contribution in [1.29, 1.82) is 0 Å². The third-order valence-electron chi connectivity index (χ3n) is 2.24. The first-order valence-electron chi connectivity index (χ1n) is 4.82. The van der Waals surface area contributed by atoms with Crippen LogP contribution in [0.25, 0.3) is 0 Å². The van der Waals surface area contributed by atoms with E-state index in [2.05, 4.69) is 5.92 Å². The Morgan fingerprint density at radius 2 is 1.73 bits per heavy atom. The molecule has 0 aliphatic rings. The molecule has 0 rings (SSSR count). The third-order valence-corrected chi connectivity index (χ3v) is 3.06. The number of rotatable bonds is 2. The molecule has 0 aromatic heterocycles. The van der Waals surface area contributed by atoms with Crippen molar-refractivity contribution in [1.82, 2.24) is 0 Å². The highest BCUT2D eigenvalue weighted by molar-refractivity contribution is 6.48. The molecule has 0 aromatic carbocycles. The molecule has 1 radical (unpaired) electrons. The lowest BCUT2D eigenvalue weighted by atomic mass is 9.78. The molecule has 0 aliphatic carbocycles. The summed E-state index contributed by atoms with van der Waals surface area (Å²) in [6, 6.07) is 0. The fourth-order valence-electron chi connectivity index (χ4n) is 0.945. The molecule has 1 atom stereocenters. The minimum atomic E-state index is -1.37. The van der Waals surface area contributed by atoms with Gasteiger partial charge in [0.2, 0.25) is 9.04 Å². The van der Waals surface area contributed by atoms with Crippen molar-refractivity contribution in [2.24, 2.45) is 5.41 Å². The Balaban J connectivity index is 5.07. The molecule has 0 N–H and O–H groups in total. The monoisotopic (exact) mass is 226 g/mol. The molecule has 4 heteroatoms. The van der Waals surface area contributed by atoms with Gasteiger partial charge in [-0.3, -0.25) is 0 Å². The van der Waals surface area contributed by atoms with Gasteiger partial charge in [0.15, 0.2) is 0 Å². The third kappa shape index (κ3) is 4.50. The summed E-state index contributed by atoms with van der Waals surface area (Å²) in [4.78, 5) is 10.3. The highest BCUT2D eigenvalue weighted by atomic mass is 28.3. The summed E-state index contributed by atoms with van der Waals surface area (Å²) in [5, 5.41) is 10.3. The second-order valence-corrected chi connectivity index (χ2v) is 6.85. The molecule has 0 saturated heterocycles. The summed E-state index contributed by atoms with van der Waals surface area (Å²) in [6.07, 6.45) is 0. The number of hydrogen-bond donors (Lipinski definition) is 0. The second kappa shape index (κ2) is 4.82. The zero-order chi connectivity index (χ0) is 12.3. The van der Waals surface area contributed by atoms with Gasteiger partial charge in [-0.2, -0.15) is 0 Å². The minimum absolute atomic E-state index is 0.239. The van der Waals surface area contributed by atoms with Gasteiger partial charge in [0.1, 0.15) is 11.6 Å². The molecule has 0 saturated carbocycles. The molecule has 0 heterocycles. The molecular weight excluding hydrogens is 208 g/mol. The van der Waals surface area contributed by atoms with Crippen LogP contribution in [0.5, 0.6) is 0 Å². The van der Waals surface area contributed by atoms with Crippen LogP contribution in [0, 0.1) is 17.3 Å². The SMILES string of the molecule is C[Si](C)OC(C)(C#CC(=O)[O-])C(C)(C)C. The van der Waals surface area contributed by atoms with Gasteiger partial charge in [-0.05, 0) is 25.9 Å². The van der Waals surface area contributed by atoms with Gasteiger partial charge in [-0.15, -0.1) is 0 Å². The number of hydrogen-bond acceptors (Lipinski definition) is 3. The Hall–Kier alpha value is -0.793. The van der Waals surface area contributed by atoms with Crippen molar-refractivity contribution in [2.45, 2.75) is 46.4 Å². The Kier molecular flexibility index (Phi) is 4.56. The van der Waals surface area contributed by atoms with Crippen molar-refractivity contribution in [3.63, 3.8) is 0 Å². The van der Waals surface area contributed by atoms with Crippen LogP contribution in [0.4, 0.5) is 0 Å². The van der Waals surface area contributed by atoms with Gasteiger partial charge in [0.25, 0.3) is 0 Å². The lowest BCUT2D eigenvalue weighted by Crippen LogP contribution is -2.44. The smallest absolute Gasteiger partial charge is 0.207 e. The van der Waals surface area contributed by atoms with E-state index in [-0.39, 0.29) is 5.41 Å². The van der Waals surface area contributed by atoms with Gasteiger partial charge >= 0.3 is 0 Å². The fourth-order valence-corrected chi connectivity index (χ4v) is 2.12. The minimum Gasteiger partial charge on any atom is -0.537 e. The summed E-state index contributed by atoms with van der Waals surface area (Å²) in [5.74, 6) is 3.34. The molecule has 15 heavy (non-hydrogen) atoms. The summed E-state index contributed by atoms with van der Waals surface area (Å²) >= 11 is 0. The number of aliphatic carboxylic acids is 1. The molecule has 1 unspecified atom stereocenters. The lowest BCUT2D eigenvalue weighted by molar-refractivity contribution is -0.296. The van der Waals surface area contributed by atoms with Crippen LogP contribution >= 0.6 is 0 Å². The van der Waals surface area contributed by atoms with Crippen LogP contribution in [0.15, 0.2) is 0 Å².